The molecule has 0 fully saturated rings. The van der Waals surface area contributed by atoms with E-state index in [1.54, 1.807) is 6.92 Å². The van der Waals surface area contributed by atoms with Gasteiger partial charge in [-0.25, -0.2) is 8.78 Å². The number of hydrogen-bond acceptors (Lipinski definition) is 5. The molecule has 0 bridgehead atoms. The third-order valence-electron chi connectivity index (χ3n) is 5.67. The summed E-state index contributed by atoms with van der Waals surface area (Å²) in [6.07, 6.45) is 0. The lowest BCUT2D eigenvalue weighted by molar-refractivity contribution is 0.101. The van der Waals surface area contributed by atoms with E-state index < -0.39 is 17.5 Å². The molecular formula is C25H24F2N4O3. The van der Waals surface area contributed by atoms with Crippen LogP contribution in [0.3, 0.4) is 0 Å². The van der Waals surface area contributed by atoms with Gasteiger partial charge >= 0.3 is 0 Å². The minimum absolute atomic E-state index is 0.0190. The van der Waals surface area contributed by atoms with Crippen molar-refractivity contribution < 1.29 is 22.8 Å². The van der Waals surface area contributed by atoms with Gasteiger partial charge < -0.3 is 14.6 Å². The molecule has 0 aliphatic rings. The second-order valence-electron chi connectivity index (χ2n) is 8.01. The first-order valence-electron chi connectivity index (χ1n) is 10.7. The first-order chi connectivity index (χ1) is 16.2. The first kappa shape index (κ1) is 23.2. The fourth-order valence-electron chi connectivity index (χ4n) is 3.64. The number of halogens is 2. The Morgan fingerprint density at radius 2 is 1.88 bits per heavy atom. The summed E-state index contributed by atoms with van der Waals surface area (Å²) >= 11 is 0. The van der Waals surface area contributed by atoms with Gasteiger partial charge in [0.15, 0.2) is 17.3 Å². The number of amides is 1. The Kier molecular flexibility index (Phi) is 6.45. The number of ether oxygens (including phenoxy) is 1. The molecule has 9 heteroatoms. The van der Waals surface area contributed by atoms with Crippen LogP contribution in [0.15, 0.2) is 47.0 Å². The summed E-state index contributed by atoms with van der Waals surface area (Å²) in [4.78, 5) is 13.0. The quantitative estimate of drug-likeness (QED) is 0.402. The molecule has 2 aromatic carbocycles. The summed E-state index contributed by atoms with van der Waals surface area (Å²) in [5, 5.41) is 11.3. The zero-order valence-corrected chi connectivity index (χ0v) is 19.3. The highest BCUT2D eigenvalue weighted by atomic mass is 19.1. The van der Waals surface area contributed by atoms with Crippen molar-refractivity contribution in [3.8, 4) is 5.75 Å². The molecule has 1 amide bonds. The topological polar surface area (TPSA) is 82.2 Å². The van der Waals surface area contributed by atoms with Crippen LogP contribution in [-0.2, 0) is 13.2 Å². The molecule has 2 heterocycles. The van der Waals surface area contributed by atoms with E-state index in [4.69, 9.17) is 9.26 Å². The van der Waals surface area contributed by atoms with Gasteiger partial charge in [0.2, 0.25) is 0 Å². The van der Waals surface area contributed by atoms with Crippen LogP contribution in [0.1, 0.15) is 44.3 Å². The second kappa shape index (κ2) is 9.46. The van der Waals surface area contributed by atoms with Crippen molar-refractivity contribution in [1.29, 1.82) is 0 Å². The van der Waals surface area contributed by atoms with Crippen LogP contribution >= 0.6 is 0 Å². The van der Waals surface area contributed by atoms with Crippen LogP contribution in [-0.4, -0.2) is 20.8 Å². The summed E-state index contributed by atoms with van der Waals surface area (Å²) in [6, 6.07) is 11.0. The monoisotopic (exact) mass is 466 g/mol. The van der Waals surface area contributed by atoms with Crippen molar-refractivity contribution in [3.05, 3.63) is 93.6 Å². The number of nitrogens with zero attached hydrogens (tertiary/aromatic N) is 3. The number of aryl methyl sites for hydroxylation is 3. The Bertz CT molecular complexity index is 1360. The van der Waals surface area contributed by atoms with Crippen LogP contribution in [0.2, 0.25) is 0 Å². The average Bonchev–Trinajstić information content (AvgIpc) is 3.29. The standard InChI is InChI=1S/C25H24F2N4O3/c1-14-7-5-6-8-18(14)12-31-16(3)23(15(2)29-31)28-25(32)24-20(17(4)34-30-24)13-33-22-10-9-19(26)11-21(22)27/h5-11H,12-13H2,1-4H3,(H,28,32). The minimum Gasteiger partial charge on any atom is -0.486 e. The Balaban J connectivity index is 1.52. The highest BCUT2D eigenvalue weighted by Gasteiger charge is 2.23. The van der Waals surface area contributed by atoms with Gasteiger partial charge in [-0.1, -0.05) is 29.4 Å². The van der Waals surface area contributed by atoms with Gasteiger partial charge in [0.1, 0.15) is 18.2 Å². The maximum atomic E-state index is 13.9. The predicted octanol–water partition coefficient (Wildman–Crippen LogP) is 5.26. The van der Waals surface area contributed by atoms with Crippen molar-refractivity contribution >= 4 is 11.6 Å². The maximum absolute atomic E-state index is 13.9. The van der Waals surface area contributed by atoms with Crippen molar-refractivity contribution in [2.75, 3.05) is 5.32 Å². The number of carbonyl (C=O) groups is 1. The number of rotatable bonds is 7. The lowest BCUT2D eigenvalue weighted by Gasteiger charge is -2.09. The van der Waals surface area contributed by atoms with Gasteiger partial charge in [0.05, 0.1) is 29.2 Å². The minimum atomic E-state index is -0.840. The normalized spacial score (nSPS) is 11.0. The van der Waals surface area contributed by atoms with E-state index in [2.05, 4.69) is 15.6 Å². The van der Waals surface area contributed by atoms with Crippen LogP contribution < -0.4 is 10.1 Å². The number of nitrogens with one attached hydrogen (secondary N) is 1. The molecule has 176 valence electrons. The zero-order chi connectivity index (χ0) is 24.4. The molecule has 0 aliphatic heterocycles. The average molecular weight is 466 g/mol. The molecule has 0 unspecified atom stereocenters. The number of carbonyl (C=O) groups excluding carboxylic acids is 1. The lowest BCUT2D eigenvalue weighted by atomic mass is 10.1. The fourth-order valence-corrected chi connectivity index (χ4v) is 3.64. The van der Waals surface area contributed by atoms with Crippen LogP contribution in [0, 0.1) is 39.3 Å². The molecule has 2 aromatic heterocycles. The maximum Gasteiger partial charge on any atom is 0.278 e. The van der Waals surface area contributed by atoms with Crippen LogP contribution in [0.5, 0.6) is 5.75 Å². The molecule has 1 N–H and O–H groups in total. The smallest absolute Gasteiger partial charge is 0.278 e. The summed E-state index contributed by atoms with van der Waals surface area (Å²) in [6.45, 7) is 7.75. The molecule has 0 spiro atoms. The van der Waals surface area contributed by atoms with E-state index in [0.717, 1.165) is 29.0 Å². The Hall–Kier alpha value is -4.01. The van der Waals surface area contributed by atoms with Gasteiger partial charge in [-0.05, 0) is 51.0 Å². The molecular weight excluding hydrogens is 442 g/mol. The van der Waals surface area contributed by atoms with Gasteiger partial charge in [-0.2, -0.15) is 5.10 Å². The van der Waals surface area contributed by atoms with Crippen molar-refractivity contribution in [2.24, 2.45) is 0 Å². The van der Waals surface area contributed by atoms with E-state index >= 15 is 0 Å². The molecule has 0 saturated heterocycles. The highest BCUT2D eigenvalue weighted by Crippen LogP contribution is 2.25. The molecule has 0 atom stereocenters. The van der Waals surface area contributed by atoms with Crippen molar-refractivity contribution in [1.82, 2.24) is 14.9 Å². The van der Waals surface area contributed by atoms with Gasteiger partial charge in [-0.3, -0.25) is 9.48 Å². The second-order valence-corrected chi connectivity index (χ2v) is 8.01. The predicted molar refractivity (Wildman–Crippen MR) is 122 cm³/mol. The molecule has 0 aliphatic carbocycles. The van der Waals surface area contributed by atoms with E-state index in [-0.39, 0.29) is 18.1 Å². The SMILES string of the molecule is Cc1ccccc1Cn1nc(C)c(NC(=O)c2noc(C)c2COc2ccc(F)cc2F)c1C. The molecule has 4 rings (SSSR count). The van der Waals surface area contributed by atoms with Crippen LogP contribution in [0.25, 0.3) is 0 Å². The Morgan fingerprint density at radius 3 is 2.62 bits per heavy atom. The Labute approximate surface area is 195 Å². The number of aromatic nitrogens is 3. The summed E-state index contributed by atoms with van der Waals surface area (Å²) < 4.78 is 39.5. The van der Waals surface area contributed by atoms with E-state index in [1.807, 2.05) is 49.7 Å². The Morgan fingerprint density at radius 1 is 1.12 bits per heavy atom. The zero-order valence-electron chi connectivity index (χ0n) is 19.3. The molecule has 4 aromatic rings. The molecule has 7 nitrogen and oxygen atoms in total. The van der Waals surface area contributed by atoms with Crippen molar-refractivity contribution in [2.45, 2.75) is 40.8 Å². The van der Waals surface area contributed by atoms with Gasteiger partial charge in [0.25, 0.3) is 5.91 Å². The van der Waals surface area contributed by atoms with E-state index in [0.29, 0.717) is 29.2 Å². The van der Waals surface area contributed by atoms with Crippen molar-refractivity contribution in [3.63, 3.8) is 0 Å². The third-order valence-corrected chi connectivity index (χ3v) is 5.67. The van der Waals surface area contributed by atoms with Gasteiger partial charge in [0, 0.05) is 6.07 Å². The van der Waals surface area contributed by atoms with Gasteiger partial charge in [-0.15, -0.1) is 0 Å². The number of hydrogen-bond donors (Lipinski definition) is 1. The highest BCUT2D eigenvalue weighted by molar-refractivity contribution is 6.04. The summed E-state index contributed by atoms with van der Waals surface area (Å²) in [5.74, 6) is -1.84. The largest absolute Gasteiger partial charge is 0.486 e. The molecule has 34 heavy (non-hydrogen) atoms. The first-order valence-corrected chi connectivity index (χ1v) is 10.7. The number of anilines is 1. The number of benzene rings is 2. The lowest BCUT2D eigenvalue weighted by Crippen LogP contribution is -2.16. The summed E-state index contributed by atoms with van der Waals surface area (Å²) in [5.41, 5.74) is 4.70. The molecule has 0 radical (unpaired) electrons. The fraction of sp³-hybridized carbons (Fsp3) is 0.240. The van der Waals surface area contributed by atoms with E-state index in [9.17, 15) is 13.6 Å². The molecule has 0 saturated carbocycles. The summed E-state index contributed by atoms with van der Waals surface area (Å²) in [7, 11) is 0. The van der Waals surface area contributed by atoms with Crippen LogP contribution in [0.4, 0.5) is 14.5 Å². The van der Waals surface area contributed by atoms with E-state index in [1.165, 1.54) is 6.07 Å². The third kappa shape index (κ3) is 4.68.